The number of carbonyl (C=O) groups is 2. The van der Waals surface area contributed by atoms with Crippen LogP contribution in [-0.2, 0) is 14.3 Å². The van der Waals surface area contributed by atoms with Gasteiger partial charge in [0.25, 0.3) is 0 Å². The summed E-state index contributed by atoms with van der Waals surface area (Å²) in [5.74, 6) is 0.581. The summed E-state index contributed by atoms with van der Waals surface area (Å²) in [7, 11) is 1.53. The number of piperidine rings is 1. The van der Waals surface area contributed by atoms with Crippen LogP contribution in [0.5, 0.6) is 0 Å². The van der Waals surface area contributed by atoms with Crippen LogP contribution in [0.15, 0.2) is 24.3 Å². The predicted octanol–water partition coefficient (Wildman–Crippen LogP) is 2.45. The van der Waals surface area contributed by atoms with E-state index in [0.717, 1.165) is 24.9 Å². The first-order chi connectivity index (χ1) is 12.1. The van der Waals surface area contributed by atoms with Gasteiger partial charge in [0.2, 0.25) is 11.8 Å². The molecule has 1 saturated heterocycles. The lowest BCUT2D eigenvalue weighted by Gasteiger charge is -2.39. The molecule has 5 heteroatoms. The van der Waals surface area contributed by atoms with E-state index in [-0.39, 0.29) is 30.4 Å². The molecule has 1 aliphatic carbocycles. The van der Waals surface area contributed by atoms with Crippen LogP contribution in [0.3, 0.4) is 0 Å². The highest BCUT2D eigenvalue weighted by molar-refractivity contribution is 5.82. The molecule has 0 spiro atoms. The molecule has 1 N–H and O–H groups in total. The lowest BCUT2D eigenvalue weighted by Crippen LogP contribution is -2.48. The second kappa shape index (κ2) is 8.00. The van der Waals surface area contributed by atoms with Crippen LogP contribution in [0.25, 0.3) is 0 Å². The molecule has 0 aromatic heterocycles. The Labute approximate surface area is 149 Å². The molecule has 2 aliphatic rings. The van der Waals surface area contributed by atoms with Crippen LogP contribution in [-0.4, -0.2) is 43.5 Å². The van der Waals surface area contributed by atoms with Gasteiger partial charge in [-0.25, -0.2) is 0 Å². The maximum atomic E-state index is 12.6. The molecule has 5 nitrogen and oxygen atoms in total. The monoisotopic (exact) mass is 344 g/mol. The zero-order valence-corrected chi connectivity index (χ0v) is 15.2. The molecule has 3 rings (SSSR count). The number of hydrogen-bond acceptors (Lipinski definition) is 3. The number of aryl methyl sites for hydroxylation is 1. The fourth-order valence-electron chi connectivity index (χ4n) is 3.60. The van der Waals surface area contributed by atoms with Crippen LogP contribution in [0, 0.1) is 18.8 Å². The summed E-state index contributed by atoms with van der Waals surface area (Å²) in [4.78, 5) is 26.9. The van der Waals surface area contributed by atoms with Crippen molar-refractivity contribution in [1.29, 1.82) is 0 Å². The molecule has 2 amide bonds. The summed E-state index contributed by atoms with van der Waals surface area (Å²) in [5, 5.41) is 3.06. The van der Waals surface area contributed by atoms with E-state index < -0.39 is 0 Å². The van der Waals surface area contributed by atoms with Crippen molar-refractivity contribution in [3.8, 4) is 0 Å². The Morgan fingerprint density at radius 2 is 2.04 bits per heavy atom. The predicted molar refractivity (Wildman–Crippen MR) is 96.0 cm³/mol. The van der Waals surface area contributed by atoms with Crippen LogP contribution < -0.4 is 5.32 Å². The number of benzene rings is 1. The van der Waals surface area contributed by atoms with E-state index in [4.69, 9.17) is 4.74 Å². The number of amides is 2. The summed E-state index contributed by atoms with van der Waals surface area (Å²) in [5.41, 5.74) is 2.32. The lowest BCUT2D eigenvalue weighted by atomic mass is 9.88. The first-order valence-corrected chi connectivity index (χ1v) is 9.21. The SMILES string of the molecule is COCC(=O)N1CC(C(=O)NCC2CC2)CCC1c1cccc(C)c1. The Morgan fingerprint density at radius 3 is 2.72 bits per heavy atom. The summed E-state index contributed by atoms with van der Waals surface area (Å²) < 4.78 is 5.06. The summed E-state index contributed by atoms with van der Waals surface area (Å²) in [6, 6.07) is 8.30. The number of rotatable bonds is 6. The van der Waals surface area contributed by atoms with Gasteiger partial charge in [-0.15, -0.1) is 0 Å². The molecular weight excluding hydrogens is 316 g/mol. The third kappa shape index (κ3) is 4.60. The molecule has 1 saturated carbocycles. The topological polar surface area (TPSA) is 58.6 Å². The third-order valence-electron chi connectivity index (χ3n) is 5.23. The second-order valence-electron chi connectivity index (χ2n) is 7.37. The van der Waals surface area contributed by atoms with Gasteiger partial charge in [-0.2, -0.15) is 0 Å². The van der Waals surface area contributed by atoms with Gasteiger partial charge in [0.05, 0.1) is 12.0 Å². The third-order valence-corrected chi connectivity index (χ3v) is 5.23. The fourth-order valence-corrected chi connectivity index (χ4v) is 3.60. The van der Waals surface area contributed by atoms with Crippen LogP contribution in [0.4, 0.5) is 0 Å². The Morgan fingerprint density at radius 1 is 1.24 bits per heavy atom. The van der Waals surface area contributed by atoms with Crippen LogP contribution in [0.2, 0.25) is 0 Å². The number of hydrogen-bond donors (Lipinski definition) is 1. The average molecular weight is 344 g/mol. The minimum Gasteiger partial charge on any atom is -0.375 e. The van der Waals surface area contributed by atoms with Crippen molar-refractivity contribution in [3.05, 3.63) is 35.4 Å². The van der Waals surface area contributed by atoms with Crippen LogP contribution in [0.1, 0.15) is 42.9 Å². The average Bonchev–Trinajstić information content (AvgIpc) is 3.44. The molecule has 25 heavy (non-hydrogen) atoms. The molecule has 0 radical (unpaired) electrons. The molecular formula is C20H28N2O3. The standard InChI is InChI=1S/C20H28N2O3/c1-14-4-3-5-16(10-14)18-9-8-17(12-22(18)19(23)13-25-2)20(24)21-11-15-6-7-15/h3-5,10,15,17-18H,6-9,11-13H2,1-2H3,(H,21,24). The van der Waals surface area contributed by atoms with E-state index in [1.54, 1.807) is 0 Å². The molecule has 1 aromatic carbocycles. The Hall–Kier alpha value is -1.88. The summed E-state index contributed by atoms with van der Waals surface area (Å²) in [6.45, 7) is 3.36. The lowest BCUT2D eigenvalue weighted by molar-refractivity contribution is -0.142. The van der Waals surface area contributed by atoms with Crippen molar-refractivity contribution >= 4 is 11.8 Å². The highest BCUT2D eigenvalue weighted by atomic mass is 16.5. The molecule has 1 aliphatic heterocycles. The molecule has 2 atom stereocenters. The number of nitrogens with one attached hydrogen (secondary N) is 1. The Balaban J connectivity index is 1.71. The van der Waals surface area contributed by atoms with Gasteiger partial charge < -0.3 is 15.0 Å². The molecule has 0 bridgehead atoms. The van der Waals surface area contributed by atoms with E-state index in [1.165, 1.54) is 25.5 Å². The highest BCUT2D eigenvalue weighted by Crippen LogP contribution is 2.34. The molecule has 1 heterocycles. The van der Waals surface area contributed by atoms with Gasteiger partial charge in [-0.3, -0.25) is 9.59 Å². The first kappa shape index (κ1) is 17.9. The molecule has 2 fully saturated rings. The summed E-state index contributed by atoms with van der Waals surface area (Å²) in [6.07, 6.45) is 4.06. The van der Waals surface area contributed by atoms with Gasteiger partial charge >= 0.3 is 0 Å². The van der Waals surface area contributed by atoms with Crippen molar-refractivity contribution < 1.29 is 14.3 Å². The summed E-state index contributed by atoms with van der Waals surface area (Å²) >= 11 is 0. The quantitative estimate of drug-likeness (QED) is 0.862. The molecule has 136 valence electrons. The molecule has 2 unspecified atom stereocenters. The number of carbonyl (C=O) groups excluding carboxylic acids is 2. The van der Waals surface area contributed by atoms with Crippen molar-refractivity contribution in [2.24, 2.45) is 11.8 Å². The van der Waals surface area contributed by atoms with E-state index in [2.05, 4.69) is 30.4 Å². The van der Waals surface area contributed by atoms with Gasteiger partial charge in [-0.05, 0) is 44.1 Å². The van der Waals surface area contributed by atoms with Gasteiger partial charge in [0, 0.05) is 20.2 Å². The van der Waals surface area contributed by atoms with Crippen molar-refractivity contribution in [1.82, 2.24) is 10.2 Å². The number of ether oxygens (including phenoxy) is 1. The highest BCUT2D eigenvalue weighted by Gasteiger charge is 2.35. The largest absolute Gasteiger partial charge is 0.375 e. The smallest absolute Gasteiger partial charge is 0.249 e. The second-order valence-corrected chi connectivity index (χ2v) is 7.37. The van der Waals surface area contributed by atoms with Gasteiger partial charge in [-0.1, -0.05) is 29.8 Å². The van der Waals surface area contributed by atoms with E-state index in [1.807, 2.05) is 11.0 Å². The van der Waals surface area contributed by atoms with Gasteiger partial charge in [0.1, 0.15) is 6.61 Å². The van der Waals surface area contributed by atoms with Crippen molar-refractivity contribution in [2.75, 3.05) is 26.8 Å². The fraction of sp³-hybridized carbons (Fsp3) is 0.600. The van der Waals surface area contributed by atoms with Crippen molar-refractivity contribution in [3.63, 3.8) is 0 Å². The minimum absolute atomic E-state index is 0.0232. The maximum absolute atomic E-state index is 12.6. The maximum Gasteiger partial charge on any atom is 0.249 e. The van der Waals surface area contributed by atoms with Gasteiger partial charge in [0.15, 0.2) is 0 Å². The van der Waals surface area contributed by atoms with Crippen molar-refractivity contribution in [2.45, 2.75) is 38.6 Å². The number of nitrogens with zero attached hydrogens (tertiary/aromatic N) is 1. The zero-order chi connectivity index (χ0) is 17.8. The van der Waals surface area contributed by atoms with E-state index in [0.29, 0.717) is 12.5 Å². The zero-order valence-electron chi connectivity index (χ0n) is 15.2. The normalized spacial score (nSPS) is 23.4. The van der Waals surface area contributed by atoms with E-state index in [9.17, 15) is 9.59 Å². The first-order valence-electron chi connectivity index (χ1n) is 9.21. The number of likely N-dealkylation sites (tertiary alicyclic amines) is 1. The minimum atomic E-state index is -0.124. The van der Waals surface area contributed by atoms with Crippen LogP contribution >= 0.6 is 0 Å². The van der Waals surface area contributed by atoms with E-state index >= 15 is 0 Å². The Bertz CT molecular complexity index is 627. The number of methoxy groups -OCH3 is 1. The Kier molecular flexibility index (Phi) is 5.74. The molecule has 1 aromatic rings.